The third-order valence-corrected chi connectivity index (χ3v) is 4.08. The summed E-state index contributed by atoms with van der Waals surface area (Å²) in [5.74, 6) is -0.538. The predicted molar refractivity (Wildman–Crippen MR) is 78.2 cm³/mol. The molecule has 0 aliphatic carbocycles. The fourth-order valence-electron chi connectivity index (χ4n) is 1.46. The molecule has 0 spiro atoms. The standard InChI is InChI=1S/C14H22O5S/c1-14(2,3)11-9-10(12(20-11)13(15)16)19-8-7-18-6-5-17-4/h9H,5-8H2,1-4H3,(H,15,16). The molecule has 1 rings (SSSR count). The lowest BCUT2D eigenvalue weighted by Gasteiger charge is -2.14. The average Bonchev–Trinajstić information content (AvgIpc) is 2.77. The minimum Gasteiger partial charge on any atom is -0.489 e. The second kappa shape index (κ2) is 7.61. The summed E-state index contributed by atoms with van der Waals surface area (Å²) in [5, 5.41) is 9.20. The number of carbonyl (C=O) groups is 1. The fraction of sp³-hybridized carbons (Fsp3) is 0.643. The van der Waals surface area contributed by atoms with E-state index < -0.39 is 5.97 Å². The summed E-state index contributed by atoms with van der Waals surface area (Å²) < 4.78 is 15.7. The van der Waals surface area contributed by atoms with E-state index in [0.717, 1.165) is 4.88 Å². The molecule has 0 amide bonds. The van der Waals surface area contributed by atoms with Crippen LogP contribution in [0, 0.1) is 0 Å². The van der Waals surface area contributed by atoms with E-state index in [2.05, 4.69) is 0 Å². The molecule has 6 heteroatoms. The molecule has 1 aromatic heterocycles. The van der Waals surface area contributed by atoms with E-state index in [4.69, 9.17) is 14.2 Å². The average molecular weight is 302 g/mol. The fourth-order valence-corrected chi connectivity index (χ4v) is 2.45. The van der Waals surface area contributed by atoms with Crippen LogP contribution in [-0.2, 0) is 14.9 Å². The SMILES string of the molecule is COCCOCCOc1cc(C(C)(C)C)sc1C(=O)O. The summed E-state index contributed by atoms with van der Waals surface area (Å²) in [6, 6.07) is 1.81. The van der Waals surface area contributed by atoms with Gasteiger partial charge in [-0.1, -0.05) is 20.8 Å². The molecule has 0 saturated heterocycles. The smallest absolute Gasteiger partial charge is 0.349 e. The van der Waals surface area contributed by atoms with Gasteiger partial charge in [0.25, 0.3) is 0 Å². The lowest BCUT2D eigenvalue weighted by atomic mass is 9.95. The van der Waals surface area contributed by atoms with Crippen LogP contribution in [-0.4, -0.2) is 44.6 Å². The van der Waals surface area contributed by atoms with Gasteiger partial charge in [-0.05, 0) is 11.5 Å². The highest BCUT2D eigenvalue weighted by Crippen LogP contribution is 2.36. The summed E-state index contributed by atoms with van der Waals surface area (Å²) in [7, 11) is 1.61. The van der Waals surface area contributed by atoms with Gasteiger partial charge in [0.2, 0.25) is 0 Å². The summed E-state index contributed by atoms with van der Waals surface area (Å²) in [6.45, 7) is 7.90. The van der Waals surface area contributed by atoms with Gasteiger partial charge in [0.15, 0.2) is 4.88 Å². The van der Waals surface area contributed by atoms with E-state index in [1.165, 1.54) is 11.3 Å². The highest BCUT2D eigenvalue weighted by atomic mass is 32.1. The molecule has 0 aliphatic heterocycles. The molecular formula is C14H22O5S. The van der Waals surface area contributed by atoms with Crippen molar-refractivity contribution in [3.05, 3.63) is 15.8 Å². The Kier molecular flexibility index (Phi) is 6.45. The zero-order chi connectivity index (χ0) is 15.2. The Hall–Kier alpha value is -1.11. The Labute approximate surface area is 123 Å². The molecule has 1 N–H and O–H groups in total. The normalized spacial score (nSPS) is 11.6. The maximum Gasteiger partial charge on any atom is 0.349 e. The quantitative estimate of drug-likeness (QED) is 0.748. The van der Waals surface area contributed by atoms with E-state index >= 15 is 0 Å². The van der Waals surface area contributed by atoms with Crippen LogP contribution in [0.4, 0.5) is 0 Å². The Balaban J connectivity index is 2.60. The topological polar surface area (TPSA) is 65.0 Å². The number of hydrogen-bond acceptors (Lipinski definition) is 5. The van der Waals surface area contributed by atoms with Gasteiger partial charge in [0, 0.05) is 12.0 Å². The van der Waals surface area contributed by atoms with Gasteiger partial charge < -0.3 is 19.3 Å². The van der Waals surface area contributed by atoms with Crippen LogP contribution in [0.1, 0.15) is 35.3 Å². The molecule has 0 fully saturated rings. The third-order valence-electron chi connectivity index (χ3n) is 2.55. The van der Waals surface area contributed by atoms with Gasteiger partial charge in [-0.15, -0.1) is 11.3 Å². The Bertz CT molecular complexity index is 433. The number of aromatic carboxylic acids is 1. The molecule has 0 bridgehead atoms. The van der Waals surface area contributed by atoms with Crippen molar-refractivity contribution in [3.63, 3.8) is 0 Å². The minimum atomic E-state index is -0.958. The maximum absolute atomic E-state index is 11.2. The van der Waals surface area contributed by atoms with Gasteiger partial charge >= 0.3 is 5.97 Å². The molecule has 1 aromatic rings. The highest BCUT2D eigenvalue weighted by molar-refractivity contribution is 7.14. The third kappa shape index (κ3) is 5.11. The zero-order valence-electron chi connectivity index (χ0n) is 12.4. The Morgan fingerprint density at radius 3 is 2.45 bits per heavy atom. The summed E-state index contributed by atoms with van der Waals surface area (Å²) >= 11 is 1.26. The van der Waals surface area contributed by atoms with Crippen molar-refractivity contribution in [1.82, 2.24) is 0 Å². The number of thiophene rings is 1. The Morgan fingerprint density at radius 1 is 1.25 bits per heavy atom. The molecule has 0 aliphatic rings. The first-order chi connectivity index (χ1) is 9.36. The first kappa shape index (κ1) is 16.9. The molecule has 1 heterocycles. The number of ether oxygens (including phenoxy) is 3. The molecule has 20 heavy (non-hydrogen) atoms. The van der Waals surface area contributed by atoms with Gasteiger partial charge in [0.1, 0.15) is 12.4 Å². The number of hydrogen-bond donors (Lipinski definition) is 1. The molecular weight excluding hydrogens is 280 g/mol. The van der Waals surface area contributed by atoms with Crippen molar-refractivity contribution in [1.29, 1.82) is 0 Å². The van der Waals surface area contributed by atoms with Crippen molar-refractivity contribution in [3.8, 4) is 5.75 Å². The van der Waals surface area contributed by atoms with Crippen LogP contribution in [0.3, 0.4) is 0 Å². The van der Waals surface area contributed by atoms with Crippen molar-refractivity contribution in [2.45, 2.75) is 26.2 Å². The molecule has 114 valence electrons. The minimum absolute atomic E-state index is 0.0918. The van der Waals surface area contributed by atoms with Gasteiger partial charge in [-0.2, -0.15) is 0 Å². The maximum atomic E-state index is 11.2. The van der Waals surface area contributed by atoms with Crippen molar-refractivity contribution in [2.24, 2.45) is 0 Å². The summed E-state index contributed by atoms with van der Waals surface area (Å²) in [5.41, 5.74) is -0.0918. The molecule has 5 nitrogen and oxygen atoms in total. The monoisotopic (exact) mass is 302 g/mol. The first-order valence-electron chi connectivity index (χ1n) is 6.43. The molecule has 0 saturated carbocycles. The summed E-state index contributed by atoms with van der Waals surface area (Å²) in [6.07, 6.45) is 0. The summed E-state index contributed by atoms with van der Waals surface area (Å²) in [4.78, 5) is 12.5. The van der Waals surface area contributed by atoms with E-state index in [1.807, 2.05) is 26.8 Å². The van der Waals surface area contributed by atoms with Crippen molar-refractivity contribution < 1.29 is 24.1 Å². The lowest BCUT2D eigenvalue weighted by molar-refractivity contribution is 0.0537. The van der Waals surface area contributed by atoms with Crippen LogP contribution >= 0.6 is 11.3 Å². The van der Waals surface area contributed by atoms with Crippen LogP contribution in [0.15, 0.2) is 6.07 Å². The Morgan fingerprint density at radius 2 is 1.90 bits per heavy atom. The van der Waals surface area contributed by atoms with Gasteiger partial charge in [-0.3, -0.25) is 0 Å². The van der Waals surface area contributed by atoms with Crippen LogP contribution < -0.4 is 4.74 Å². The van der Waals surface area contributed by atoms with Gasteiger partial charge in [0.05, 0.1) is 19.8 Å². The number of methoxy groups -OCH3 is 1. The van der Waals surface area contributed by atoms with Crippen LogP contribution in [0.2, 0.25) is 0 Å². The molecule has 0 unspecified atom stereocenters. The van der Waals surface area contributed by atoms with E-state index in [1.54, 1.807) is 7.11 Å². The molecule has 0 aromatic carbocycles. The number of carboxylic acids is 1. The van der Waals surface area contributed by atoms with Gasteiger partial charge in [-0.25, -0.2) is 4.79 Å². The van der Waals surface area contributed by atoms with E-state index in [9.17, 15) is 9.90 Å². The largest absolute Gasteiger partial charge is 0.489 e. The van der Waals surface area contributed by atoms with E-state index in [-0.39, 0.29) is 10.3 Å². The predicted octanol–water partition coefficient (Wildman–Crippen LogP) is 2.79. The zero-order valence-corrected chi connectivity index (χ0v) is 13.2. The second-order valence-electron chi connectivity index (χ2n) is 5.31. The molecule has 0 radical (unpaired) electrons. The van der Waals surface area contributed by atoms with Crippen LogP contribution in [0.25, 0.3) is 0 Å². The molecule has 0 atom stereocenters. The van der Waals surface area contributed by atoms with E-state index in [0.29, 0.717) is 32.2 Å². The van der Waals surface area contributed by atoms with Crippen molar-refractivity contribution >= 4 is 17.3 Å². The second-order valence-corrected chi connectivity index (χ2v) is 6.37. The lowest BCUT2D eigenvalue weighted by Crippen LogP contribution is -2.11. The highest BCUT2D eigenvalue weighted by Gasteiger charge is 2.23. The number of carboxylic acid groups (broad SMARTS) is 1. The number of rotatable bonds is 8. The van der Waals surface area contributed by atoms with Crippen molar-refractivity contribution in [2.75, 3.05) is 33.5 Å². The first-order valence-corrected chi connectivity index (χ1v) is 7.25. The van der Waals surface area contributed by atoms with Crippen LogP contribution in [0.5, 0.6) is 5.75 Å².